The largest absolute Gasteiger partial charge is 0.478 e. The highest BCUT2D eigenvalue weighted by Gasteiger charge is 2.24. The first-order valence-electron chi connectivity index (χ1n) is 20.5. The number of aromatic nitrogens is 4. The molecule has 0 saturated heterocycles. The van der Waals surface area contributed by atoms with Crippen molar-refractivity contribution in [2.45, 2.75) is 129 Å². The molecule has 15 nitrogen and oxygen atoms in total. The van der Waals surface area contributed by atoms with E-state index in [2.05, 4.69) is 62.4 Å². The van der Waals surface area contributed by atoms with Crippen LogP contribution in [0.15, 0.2) is 58.3 Å². The lowest BCUT2D eigenvalue weighted by Gasteiger charge is -2.27. The molecule has 0 aliphatic heterocycles. The predicted molar refractivity (Wildman–Crippen MR) is 248 cm³/mol. The smallest absolute Gasteiger partial charge is 0.341 e. The Morgan fingerprint density at radius 2 is 0.864 bits per heavy atom. The van der Waals surface area contributed by atoms with Gasteiger partial charge in [-0.3, -0.25) is 0 Å². The van der Waals surface area contributed by atoms with Gasteiger partial charge in [-0.2, -0.15) is 0 Å². The van der Waals surface area contributed by atoms with E-state index in [1.165, 1.54) is 50.3 Å². The van der Waals surface area contributed by atoms with Crippen molar-refractivity contribution in [1.82, 2.24) is 19.9 Å². The molecule has 3 fully saturated rings. The Bertz CT molecular complexity index is 2280. The summed E-state index contributed by atoms with van der Waals surface area (Å²) in [6.45, 7) is 10.4. The van der Waals surface area contributed by atoms with Crippen LogP contribution in [0.4, 0.5) is 29.2 Å². The van der Waals surface area contributed by atoms with Crippen LogP contribution in [0.5, 0.6) is 0 Å². The third-order valence-corrected chi connectivity index (χ3v) is 9.98. The summed E-state index contributed by atoms with van der Waals surface area (Å²) in [6, 6.07) is 6.35. The van der Waals surface area contributed by atoms with Crippen LogP contribution in [0.3, 0.4) is 0 Å². The molecule has 3 aliphatic carbocycles. The van der Waals surface area contributed by atoms with Crippen molar-refractivity contribution in [3.05, 3.63) is 104 Å². The molecule has 22 heteroatoms. The number of carboxylic acids is 2. The van der Waals surface area contributed by atoms with E-state index in [0.717, 1.165) is 56.5 Å². The summed E-state index contributed by atoms with van der Waals surface area (Å²) in [5.74, 6) is -5.96. The van der Waals surface area contributed by atoms with Crippen LogP contribution in [-0.2, 0) is 9.47 Å². The first kappa shape index (κ1) is 57.1. The van der Waals surface area contributed by atoms with Gasteiger partial charge in [0.05, 0.1) is 35.9 Å². The molecule has 3 saturated carbocycles. The van der Waals surface area contributed by atoms with Gasteiger partial charge in [0.2, 0.25) is 0 Å². The van der Waals surface area contributed by atoms with Gasteiger partial charge in [-0.1, -0.05) is 6.42 Å². The molecule has 0 bridgehead atoms. The zero-order valence-corrected chi connectivity index (χ0v) is 41.1. The standard InChI is InChI=1S/C14H19FN2O2.C10H11BrFNO2.C10H11FN2O2.C6H3BrFNO2.C4H9N.ClH/c1-14(2,3)19-13(18)10-7-12(16-8-11(10)15)17-9-5-4-6-9;1-10(2,3)15-9(14)6-4-8(11)13-5-7(6)12;11-8-5-12-9(4-7(8)10(14)15)13-6-2-1-3-6;7-5-1-3(6(10)11)4(8)2-9-5;5-4-2-1-3-4;/h7-9H,4-6H2,1-3H3,(H,16,17);4-5H,1-3H3;4-6H,1-3H2,(H,12,13)(H,14,15);1-2H,(H,10,11);4H,1-3,5H2;1H. The van der Waals surface area contributed by atoms with Crippen LogP contribution in [-0.4, -0.2) is 83.4 Å². The molecule has 4 aromatic rings. The summed E-state index contributed by atoms with van der Waals surface area (Å²) in [6.07, 6.45) is 14.4. The number of rotatable bonds is 8. The number of nitrogens with two attached hydrogens (primary N) is 1. The highest BCUT2D eigenvalue weighted by atomic mass is 79.9. The second kappa shape index (κ2) is 26.4. The van der Waals surface area contributed by atoms with Crippen LogP contribution >= 0.6 is 44.3 Å². The summed E-state index contributed by atoms with van der Waals surface area (Å²) < 4.78 is 63.3. The molecule has 4 aromatic heterocycles. The van der Waals surface area contributed by atoms with E-state index in [0.29, 0.717) is 39.0 Å². The van der Waals surface area contributed by atoms with E-state index in [-0.39, 0.29) is 34.7 Å². The number of ether oxygens (including phenoxy) is 2. The molecule has 66 heavy (non-hydrogen) atoms. The lowest BCUT2D eigenvalue weighted by molar-refractivity contribution is 0.00516. The lowest BCUT2D eigenvalue weighted by Crippen LogP contribution is -2.28. The van der Waals surface area contributed by atoms with Gasteiger partial charge >= 0.3 is 23.9 Å². The fourth-order valence-electron chi connectivity index (χ4n) is 5.13. The topological polar surface area (TPSA) is 229 Å². The first-order valence-corrected chi connectivity index (χ1v) is 22.1. The number of anilines is 2. The van der Waals surface area contributed by atoms with Gasteiger partial charge in [0.15, 0.2) is 23.3 Å². The Hall–Kier alpha value is -4.99. The number of carbonyl (C=O) groups is 4. The fourth-order valence-corrected chi connectivity index (χ4v) is 5.79. The summed E-state index contributed by atoms with van der Waals surface area (Å²) >= 11 is 5.98. The van der Waals surface area contributed by atoms with Crippen molar-refractivity contribution in [3.8, 4) is 0 Å². The zero-order chi connectivity index (χ0) is 48.6. The van der Waals surface area contributed by atoms with Gasteiger partial charge in [0.25, 0.3) is 0 Å². The Balaban J connectivity index is 0.000000294. The number of aromatic carboxylic acids is 2. The number of nitrogens with zero attached hydrogens (tertiary/aromatic N) is 4. The molecule has 0 atom stereocenters. The maximum absolute atomic E-state index is 13.6. The van der Waals surface area contributed by atoms with Crippen molar-refractivity contribution in [3.63, 3.8) is 0 Å². The summed E-state index contributed by atoms with van der Waals surface area (Å²) in [4.78, 5) is 59.2. The number of pyridine rings is 4. The van der Waals surface area contributed by atoms with Crippen LogP contribution < -0.4 is 16.4 Å². The maximum atomic E-state index is 13.6. The number of halogens is 7. The molecule has 0 amide bonds. The predicted octanol–water partition coefficient (Wildman–Crippen LogP) is 10.6. The molecule has 4 heterocycles. The van der Waals surface area contributed by atoms with Gasteiger partial charge in [0, 0.05) is 18.1 Å². The van der Waals surface area contributed by atoms with Gasteiger partial charge in [-0.05, 0) is 149 Å². The van der Waals surface area contributed by atoms with Crippen molar-refractivity contribution in [1.29, 1.82) is 0 Å². The van der Waals surface area contributed by atoms with E-state index >= 15 is 0 Å². The third kappa shape index (κ3) is 20.3. The van der Waals surface area contributed by atoms with Crippen molar-refractivity contribution >= 4 is 79.8 Å². The second-order valence-corrected chi connectivity index (χ2v) is 18.5. The molecule has 0 aromatic carbocycles. The average molecular weight is 1080 g/mol. The number of hydrogen-bond acceptors (Lipinski definition) is 13. The molecule has 0 unspecified atom stereocenters. The zero-order valence-electron chi connectivity index (χ0n) is 37.1. The summed E-state index contributed by atoms with van der Waals surface area (Å²) in [7, 11) is 0. The highest BCUT2D eigenvalue weighted by Crippen LogP contribution is 2.25. The number of esters is 2. The van der Waals surface area contributed by atoms with Gasteiger partial charge < -0.3 is 36.1 Å². The SMILES string of the molecule is CC(C)(C)OC(=O)c1cc(Br)ncc1F.CC(C)(C)OC(=O)c1cc(NC2CCC2)ncc1F.Cl.NC1CCC1.O=C(O)c1cc(Br)ncc1F.O=C(O)c1cc(NC2CCC2)ncc1F. The molecule has 362 valence electrons. The number of hydrogen-bond donors (Lipinski definition) is 5. The Morgan fingerprint density at radius 1 is 0.576 bits per heavy atom. The molecule has 0 spiro atoms. The fraction of sp³-hybridized carbons (Fsp3) is 0.455. The van der Waals surface area contributed by atoms with E-state index in [9.17, 15) is 36.7 Å². The van der Waals surface area contributed by atoms with E-state index in [4.69, 9.17) is 25.4 Å². The minimum atomic E-state index is -1.30. The quantitative estimate of drug-likeness (QED) is 0.0628. The normalized spacial score (nSPS) is 14.3. The van der Waals surface area contributed by atoms with Crippen molar-refractivity contribution in [2.75, 3.05) is 10.6 Å². The molecule has 3 aliphatic rings. The van der Waals surface area contributed by atoms with Crippen LogP contribution in [0.1, 0.15) is 141 Å². The van der Waals surface area contributed by atoms with Crippen LogP contribution in [0, 0.1) is 23.3 Å². The minimum Gasteiger partial charge on any atom is -0.478 e. The average Bonchev–Trinajstić information content (AvgIpc) is 3.16. The Labute approximate surface area is 403 Å². The Morgan fingerprint density at radius 3 is 1.15 bits per heavy atom. The summed E-state index contributed by atoms with van der Waals surface area (Å²) in [5, 5.41) is 23.3. The number of nitrogens with one attached hydrogen (secondary N) is 2. The molecule has 7 rings (SSSR count). The third-order valence-electron chi connectivity index (χ3n) is 9.12. The van der Waals surface area contributed by atoms with Crippen molar-refractivity contribution in [2.24, 2.45) is 5.73 Å². The molecule has 0 radical (unpaired) electrons. The minimum absolute atomic E-state index is 0. The molecular formula is C44H54Br2ClF4N7O8. The van der Waals surface area contributed by atoms with Crippen LogP contribution in [0.25, 0.3) is 0 Å². The lowest BCUT2D eigenvalue weighted by atomic mass is 9.93. The molecule has 6 N–H and O–H groups in total. The first-order chi connectivity index (χ1) is 30.3. The summed E-state index contributed by atoms with van der Waals surface area (Å²) in [5.41, 5.74) is 3.18. The number of carbonyl (C=O) groups excluding carboxylic acids is 2. The maximum Gasteiger partial charge on any atom is 0.341 e. The van der Waals surface area contributed by atoms with E-state index < -0.39 is 58.3 Å². The van der Waals surface area contributed by atoms with Gasteiger partial charge in [0.1, 0.15) is 43.2 Å². The van der Waals surface area contributed by atoms with Crippen molar-refractivity contribution < 1.29 is 56.4 Å². The van der Waals surface area contributed by atoms with Gasteiger partial charge in [-0.25, -0.2) is 56.7 Å². The molecular weight excluding hydrogens is 1030 g/mol. The van der Waals surface area contributed by atoms with E-state index in [1.807, 2.05) is 0 Å². The second-order valence-electron chi connectivity index (χ2n) is 16.9. The Kier molecular flexibility index (Phi) is 22.8. The van der Waals surface area contributed by atoms with E-state index in [1.54, 1.807) is 41.5 Å². The number of carboxylic acid groups (broad SMARTS) is 2. The monoisotopic (exact) mass is 1080 g/mol. The van der Waals surface area contributed by atoms with Crippen LogP contribution in [0.2, 0.25) is 0 Å². The van der Waals surface area contributed by atoms with Gasteiger partial charge in [-0.15, -0.1) is 12.4 Å². The highest BCUT2D eigenvalue weighted by molar-refractivity contribution is 9.10.